The minimum atomic E-state index is -1.12. The van der Waals surface area contributed by atoms with E-state index in [4.69, 9.17) is 0 Å². The largest absolute Gasteiger partial charge is 0.287 e. The molecular weight excluding hydrogens is 226 g/mol. The predicted molar refractivity (Wildman–Crippen MR) is 57.7 cm³/mol. The third-order valence-corrected chi connectivity index (χ3v) is 2.47. The Balaban J connectivity index is 2.48. The van der Waals surface area contributed by atoms with E-state index in [0.29, 0.717) is 0 Å². The number of nitrogens with zero attached hydrogens (tertiary/aromatic N) is 2. The van der Waals surface area contributed by atoms with Crippen LogP contribution in [-0.4, -0.2) is 15.6 Å². The molecule has 0 fully saturated rings. The van der Waals surface area contributed by atoms with E-state index in [1.807, 2.05) is 0 Å². The Labute approximate surface area is 96.7 Å². The van der Waals surface area contributed by atoms with Crippen LogP contribution in [0.1, 0.15) is 21.6 Å². The fourth-order valence-electron chi connectivity index (χ4n) is 1.50. The number of ketones is 1. The molecule has 0 aliphatic rings. The van der Waals surface area contributed by atoms with Gasteiger partial charge in [-0.15, -0.1) is 0 Å². The molecule has 1 heterocycles. The molecule has 0 spiro atoms. The Hall–Kier alpha value is -2.04. The van der Waals surface area contributed by atoms with Crippen LogP contribution >= 0.6 is 0 Å². The number of carbonyl (C=O) groups excluding carboxylic acids is 1. The fraction of sp³-hybridized carbons (Fsp3) is 0.167. The van der Waals surface area contributed by atoms with Crippen molar-refractivity contribution in [3.05, 3.63) is 52.9 Å². The van der Waals surface area contributed by atoms with Crippen molar-refractivity contribution in [2.24, 2.45) is 7.05 Å². The van der Waals surface area contributed by atoms with Crippen LogP contribution in [0, 0.1) is 18.6 Å². The lowest BCUT2D eigenvalue weighted by molar-refractivity contribution is 0.102. The summed E-state index contributed by atoms with van der Waals surface area (Å²) in [5, 5.41) is 3.86. The summed E-state index contributed by atoms with van der Waals surface area (Å²) < 4.78 is 28.3. The molecule has 2 aromatic rings. The van der Waals surface area contributed by atoms with Crippen molar-refractivity contribution in [1.82, 2.24) is 9.78 Å². The van der Waals surface area contributed by atoms with Crippen molar-refractivity contribution in [3.8, 4) is 0 Å². The van der Waals surface area contributed by atoms with Gasteiger partial charge in [0.05, 0.1) is 5.56 Å². The van der Waals surface area contributed by atoms with E-state index >= 15 is 0 Å². The molecule has 0 aliphatic heterocycles. The van der Waals surface area contributed by atoms with Crippen molar-refractivity contribution in [3.63, 3.8) is 0 Å². The summed E-state index contributed by atoms with van der Waals surface area (Å²) in [6, 6.07) is 4.10. The Bertz CT molecular complexity index is 590. The fourth-order valence-corrected chi connectivity index (χ4v) is 1.50. The summed E-state index contributed by atoms with van der Waals surface area (Å²) in [6.07, 6.45) is 1.57. The zero-order valence-corrected chi connectivity index (χ0v) is 9.37. The third-order valence-electron chi connectivity index (χ3n) is 2.47. The molecule has 0 N–H and O–H groups in total. The normalized spacial score (nSPS) is 10.6. The Morgan fingerprint density at radius 3 is 2.53 bits per heavy atom. The number of carbonyl (C=O) groups is 1. The Morgan fingerprint density at radius 1 is 1.24 bits per heavy atom. The van der Waals surface area contributed by atoms with Gasteiger partial charge in [-0.1, -0.05) is 6.07 Å². The summed E-state index contributed by atoms with van der Waals surface area (Å²) >= 11 is 0. The SMILES string of the molecule is Cc1ccc(C(=O)c2ccn(C)n2)c(F)c1F. The molecule has 0 saturated heterocycles. The highest BCUT2D eigenvalue weighted by molar-refractivity contribution is 6.07. The standard InChI is InChI=1S/C12H10F2N2O/c1-7-3-4-8(11(14)10(7)13)12(17)9-5-6-16(2)15-9/h3-6H,1-2H3. The highest BCUT2D eigenvalue weighted by atomic mass is 19.2. The van der Waals surface area contributed by atoms with Gasteiger partial charge in [-0.25, -0.2) is 8.78 Å². The first-order valence-corrected chi connectivity index (χ1v) is 4.99. The second-order valence-corrected chi connectivity index (χ2v) is 3.76. The van der Waals surface area contributed by atoms with Crippen LogP contribution < -0.4 is 0 Å². The molecule has 1 aromatic carbocycles. The van der Waals surface area contributed by atoms with E-state index in [0.717, 1.165) is 0 Å². The maximum absolute atomic E-state index is 13.6. The summed E-state index contributed by atoms with van der Waals surface area (Å²) in [6.45, 7) is 1.44. The molecule has 3 nitrogen and oxygen atoms in total. The van der Waals surface area contributed by atoms with Crippen molar-refractivity contribution >= 4 is 5.78 Å². The van der Waals surface area contributed by atoms with Crippen LogP contribution in [0.25, 0.3) is 0 Å². The van der Waals surface area contributed by atoms with Gasteiger partial charge in [-0.2, -0.15) is 5.10 Å². The van der Waals surface area contributed by atoms with Gasteiger partial charge in [-0.05, 0) is 24.6 Å². The van der Waals surface area contributed by atoms with Crippen molar-refractivity contribution in [2.75, 3.05) is 0 Å². The van der Waals surface area contributed by atoms with Crippen molar-refractivity contribution in [2.45, 2.75) is 6.92 Å². The van der Waals surface area contributed by atoms with Gasteiger partial charge in [0.2, 0.25) is 5.78 Å². The van der Waals surface area contributed by atoms with Crippen molar-refractivity contribution < 1.29 is 13.6 Å². The van der Waals surface area contributed by atoms with Crippen LogP contribution in [0.15, 0.2) is 24.4 Å². The molecule has 1 aromatic heterocycles. The van der Waals surface area contributed by atoms with Gasteiger partial charge in [0.1, 0.15) is 5.69 Å². The third kappa shape index (κ3) is 1.95. The molecule has 88 valence electrons. The van der Waals surface area contributed by atoms with E-state index in [9.17, 15) is 13.6 Å². The first-order valence-electron chi connectivity index (χ1n) is 4.99. The molecule has 0 bridgehead atoms. The number of aromatic nitrogens is 2. The Morgan fingerprint density at radius 2 is 1.94 bits per heavy atom. The lowest BCUT2D eigenvalue weighted by Gasteiger charge is -2.03. The number of rotatable bonds is 2. The lowest BCUT2D eigenvalue weighted by Crippen LogP contribution is -2.08. The summed E-state index contributed by atoms with van der Waals surface area (Å²) in [7, 11) is 1.64. The van der Waals surface area contributed by atoms with Crippen molar-refractivity contribution in [1.29, 1.82) is 0 Å². The monoisotopic (exact) mass is 236 g/mol. The van der Waals surface area contributed by atoms with Gasteiger partial charge < -0.3 is 0 Å². The first kappa shape index (κ1) is 11.4. The zero-order chi connectivity index (χ0) is 12.6. The van der Waals surface area contributed by atoms with Gasteiger partial charge >= 0.3 is 0 Å². The summed E-state index contributed by atoms with van der Waals surface area (Å²) in [5.74, 6) is -2.74. The van der Waals surface area contributed by atoms with Gasteiger partial charge in [-0.3, -0.25) is 9.48 Å². The van der Waals surface area contributed by atoms with Crippen LogP contribution in [0.2, 0.25) is 0 Å². The van der Waals surface area contributed by atoms with E-state index < -0.39 is 17.4 Å². The van der Waals surface area contributed by atoms with Gasteiger partial charge in [0.25, 0.3) is 0 Å². The molecule has 0 saturated carbocycles. The van der Waals surface area contributed by atoms with Crippen LogP contribution in [0.4, 0.5) is 8.78 Å². The number of halogens is 2. The minimum absolute atomic E-state index is 0.0923. The molecule has 5 heteroatoms. The molecule has 17 heavy (non-hydrogen) atoms. The van der Waals surface area contributed by atoms with Crippen LogP contribution in [0.3, 0.4) is 0 Å². The maximum Gasteiger partial charge on any atom is 0.216 e. The first-order chi connectivity index (χ1) is 8.00. The smallest absolute Gasteiger partial charge is 0.216 e. The second-order valence-electron chi connectivity index (χ2n) is 3.76. The lowest BCUT2D eigenvalue weighted by atomic mass is 10.1. The zero-order valence-electron chi connectivity index (χ0n) is 9.37. The summed E-state index contributed by atoms with van der Waals surface area (Å²) in [5.41, 5.74) is -0.0403. The quantitative estimate of drug-likeness (QED) is 0.749. The predicted octanol–water partition coefficient (Wildman–Crippen LogP) is 2.24. The molecular formula is C12H10F2N2O. The summed E-state index contributed by atoms with van der Waals surface area (Å²) in [4.78, 5) is 11.9. The Kier molecular flexibility index (Phi) is 2.75. The highest BCUT2D eigenvalue weighted by Gasteiger charge is 2.19. The molecule has 0 amide bonds. The topological polar surface area (TPSA) is 34.9 Å². The highest BCUT2D eigenvalue weighted by Crippen LogP contribution is 2.18. The number of hydrogen-bond acceptors (Lipinski definition) is 2. The minimum Gasteiger partial charge on any atom is -0.287 e. The number of hydrogen-bond donors (Lipinski definition) is 0. The second kappa shape index (κ2) is 4.08. The van der Waals surface area contributed by atoms with E-state index in [1.54, 1.807) is 13.2 Å². The average molecular weight is 236 g/mol. The average Bonchev–Trinajstić information content (AvgIpc) is 2.72. The van der Waals surface area contributed by atoms with Crippen LogP contribution in [0.5, 0.6) is 0 Å². The van der Waals surface area contributed by atoms with E-state index in [-0.39, 0.29) is 16.8 Å². The van der Waals surface area contributed by atoms with Gasteiger partial charge in [0.15, 0.2) is 11.6 Å². The van der Waals surface area contributed by atoms with E-state index in [1.165, 1.54) is 29.8 Å². The van der Waals surface area contributed by atoms with Gasteiger partial charge in [0, 0.05) is 13.2 Å². The molecule has 0 aliphatic carbocycles. The van der Waals surface area contributed by atoms with Crippen LogP contribution in [-0.2, 0) is 7.05 Å². The molecule has 0 unspecified atom stereocenters. The van der Waals surface area contributed by atoms with E-state index in [2.05, 4.69) is 5.10 Å². The number of aryl methyl sites for hydroxylation is 2. The molecule has 0 atom stereocenters. The maximum atomic E-state index is 13.6. The number of benzene rings is 1. The molecule has 2 rings (SSSR count). The molecule has 0 radical (unpaired) electrons.